The standard InChI is InChI=1S/C10H8FNO3/c1-6(10(13)14)15-8-3-2-7(5-12)9(11)4-8/h2-4,6H,1H3,(H,13,14). The van der Waals surface area contributed by atoms with E-state index in [1.54, 1.807) is 6.07 Å². The number of carboxylic acids is 1. The molecule has 5 heteroatoms. The maximum atomic E-state index is 13.1. The highest BCUT2D eigenvalue weighted by Crippen LogP contribution is 2.17. The van der Waals surface area contributed by atoms with Crippen LogP contribution in [0.2, 0.25) is 0 Å². The van der Waals surface area contributed by atoms with Gasteiger partial charge in [0, 0.05) is 6.07 Å². The Kier molecular flexibility index (Phi) is 3.24. The van der Waals surface area contributed by atoms with Crippen LogP contribution in [0.15, 0.2) is 18.2 Å². The molecule has 0 aromatic heterocycles. The minimum atomic E-state index is -1.14. The van der Waals surface area contributed by atoms with E-state index in [2.05, 4.69) is 0 Å². The third-order valence-electron chi connectivity index (χ3n) is 1.72. The highest BCUT2D eigenvalue weighted by molar-refractivity contribution is 5.72. The van der Waals surface area contributed by atoms with Crippen LogP contribution >= 0.6 is 0 Å². The number of hydrogen-bond acceptors (Lipinski definition) is 3. The van der Waals surface area contributed by atoms with Crippen molar-refractivity contribution >= 4 is 5.97 Å². The Morgan fingerprint density at radius 3 is 2.80 bits per heavy atom. The number of rotatable bonds is 3. The molecular weight excluding hydrogens is 201 g/mol. The van der Waals surface area contributed by atoms with Gasteiger partial charge in [0.2, 0.25) is 0 Å². The van der Waals surface area contributed by atoms with E-state index in [1.165, 1.54) is 19.1 Å². The normalized spacial score (nSPS) is 11.5. The first-order chi connectivity index (χ1) is 7.04. The molecule has 0 fully saturated rings. The van der Waals surface area contributed by atoms with Crippen molar-refractivity contribution in [1.29, 1.82) is 5.26 Å². The fourth-order valence-electron chi connectivity index (χ4n) is 0.914. The van der Waals surface area contributed by atoms with Gasteiger partial charge in [-0.15, -0.1) is 0 Å². The lowest BCUT2D eigenvalue weighted by molar-refractivity contribution is -0.144. The van der Waals surface area contributed by atoms with Crippen LogP contribution in [-0.4, -0.2) is 17.2 Å². The molecule has 0 radical (unpaired) electrons. The molecule has 0 bridgehead atoms. The van der Waals surface area contributed by atoms with Crippen molar-refractivity contribution < 1.29 is 19.0 Å². The van der Waals surface area contributed by atoms with Gasteiger partial charge >= 0.3 is 5.97 Å². The highest BCUT2D eigenvalue weighted by Gasteiger charge is 2.13. The molecule has 78 valence electrons. The minimum absolute atomic E-state index is 0.0846. The summed E-state index contributed by atoms with van der Waals surface area (Å²) in [7, 11) is 0. The highest BCUT2D eigenvalue weighted by atomic mass is 19.1. The van der Waals surface area contributed by atoms with Crippen LogP contribution in [0, 0.1) is 17.1 Å². The number of hydrogen-bond donors (Lipinski definition) is 1. The molecule has 0 saturated heterocycles. The lowest BCUT2D eigenvalue weighted by atomic mass is 10.2. The van der Waals surface area contributed by atoms with Crippen LogP contribution in [-0.2, 0) is 4.79 Å². The van der Waals surface area contributed by atoms with E-state index in [1.807, 2.05) is 0 Å². The molecule has 0 amide bonds. The molecule has 0 saturated carbocycles. The second-order valence-electron chi connectivity index (χ2n) is 2.85. The zero-order chi connectivity index (χ0) is 11.4. The van der Waals surface area contributed by atoms with Gasteiger partial charge in [0.05, 0.1) is 5.56 Å². The molecule has 1 aromatic rings. The number of nitriles is 1. The maximum Gasteiger partial charge on any atom is 0.344 e. The Morgan fingerprint density at radius 1 is 1.67 bits per heavy atom. The van der Waals surface area contributed by atoms with Crippen molar-refractivity contribution in [3.05, 3.63) is 29.6 Å². The van der Waals surface area contributed by atoms with Gasteiger partial charge < -0.3 is 9.84 Å². The average molecular weight is 209 g/mol. The van der Waals surface area contributed by atoms with Gasteiger partial charge in [0.25, 0.3) is 0 Å². The molecule has 0 heterocycles. The number of benzene rings is 1. The molecule has 1 unspecified atom stereocenters. The Balaban J connectivity index is 2.85. The first kappa shape index (κ1) is 11.0. The number of nitrogens with zero attached hydrogens (tertiary/aromatic N) is 1. The molecule has 4 nitrogen and oxygen atoms in total. The van der Waals surface area contributed by atoms with Crippen LogP contribution in [0.5, 0.6) is 5.75 Å². The van der Waals surface area contributed by atoms with Gasteiger partial charge in [-0.05, 0) is 19.1 Å². The fourth-order valence-corrected chi connectivity index (χ4v) is 0.914. The van der Waals surface area contributed by atoms with Crippen LogP contribution in [0.4, 0.5) is 4.39 Å². The predicted molar refractivity (Wildman–Crippen MR) is 48.8 cm³/mol. The van der Waals surface area contributed by atoms with E-state index in [0.29, 0.717) is 0 Å². The van der Waals surface area contributed by atoms with Gasteiger partial charge in [-0.1, -0.05) is 0 Å². The summed E-state index contributed by atoms with van der Waals surface area (Å²) in [5, 5.41) is 17.0. The molecule has 1 rings (SSSR count). The van der Waals surface area contributed by atoms with Crippen molar-refractivity contribution in [2.45, 2.75) is 13.0 Å². The van der Waals surface area contributed by atoms with E-state index in [-0.39, 0.29) is 11.3 Å². The summed E-state index contributed by atoms with van der Waals surface area (Å²) in [6, 6.07) is 5.22. The summed E-state index contributed by atoms with van der Waals surface area (Å²) in [5.41, 5.74) is -0.106. The smallest absolute Gasteiger partial charge is 0.344 e. The molecule has 0 spiro atoms. The van der Waals surface area contributed by atoms with Gasteiger partial charge in [-0.2, -0.15) is 5.26 Å². The number of carboxylic acid groups (broad SMARTS) is 1. The van der Waals surface area contributed by atoms with Gasteiger partial charge in [-0.3, -0.25) is 0 Å². The van der Waals surface area contributed by atoms with Crippen molar-refractivity contribution in [3.63, 3.8) is 0 Å². The van der Waals surface area contributed by atoms with Crippen molar-refractivity contribution in [2.75, 3.05) is 0 Å². The van der Waals surface area contributed by atoms with Crippen LogP contribution in [0.3, 0.4) is 0 Å². The molecule has 1 N–H and O–H groups in total. The fraction of sp³-hybridized carbons (Fsp3) is 0.200. The third-order valence-corrected chi connectivity index (χ3v) is 1.72. The van der Waals surface area contributed by atoms with E-state index in [9.17, 15) is 9.18 Å². The second kappa shape index (κ2) is 4.42. The molecule has 0 aliphatic rings. The van der Waals surface area contributed by atoms with Crippen molar-refractivity contribution in [3.8, 4) is 11.8 Å². The van der Waals surface area contributed by atoms with Crippen LogP contribution in [0.25, 0.3) is 0 Å². The average Bonchev–Trinajstić information content (AvgIpc) is 2.18. The summed E-state index contributed by atoms with van der Waals surface area (Å²) >= 11 is 0. The first-order valence-corrected chi connectivity index (χ1v) is 4.13. The summed E-state index contributed by atoms with van der Waals surface area (Å²) in [6.45, 7) is 1.33. The van der Waals surface area contributed by atoms with Crippen LogP contribution in [0.1, 0.15) is 12.5 Å². The Hall–Kier alpha value is -2.09. The summed E-state index contributed by atoms with van der Waals surface area (Å²) in [6.07, 6.45) is -1.06. The quantitative estimate of drug-likeness (QED) is 0.819. The van der Waals surface area contributed by atoms with Crippen molar-refractivity contribution in [2.24, 2.45) is 0 Å². The molecule has 0 aliphatic carbocycles. The van der Waals surface area contributed by atoms with E-state index in [4.69, 9.17) is 15.1 Å². The zero-order valence-electron chi connectivity index (χ0n) is 7.90. The minimum Gasteiger partial charge on any atom is -0.479 e. The topological polar surface area (TPSA) is 70.3 Å². The molecule has 1 aromatic carbocycles. The molecule has 0 aliphatic heterocycles. The summed E-state index contributed by atoms with van der Waals surface area (Å²) in [5.74, 6) is -1.78. The van der Waals surface area contributed by atoms with E-state index in [0.717, 1.165) is 6.07 Å². The SMILES string of the molecule is CC(Oc1ccc(C#N)c(F)c1)C(=O)O. The van der Waals surface area contributed by atoms with Gasteiger partial charge in [0.1, 0.15) is 17.6 Å². The molecular formula is C10H8FNO3. The Bertz CT molecular complexity index is 425. The zero-order valence-corrected chi connectivity index (χ0v) is 7.90. The Labute approximate surface area is 85.5 Å². The number of carbonyl (C=O) groups is 1. The third kappa shape index (κ3) is 2.68. The summed E-state index contributed by atoms with van der Waals surface area (Å²) in [4.78, 5) is 10.4. The lowest BCUT2D eigenvalue weighted by Crippen LogP contribution is -2.22. The predicted octanol–water partition coefficient (Wildman–Crippen LogP) is 1.55. The second-order valence-corrected chi connectivity index (χ2v) is 2.85. The van der Waals surface area contributed by atoms with Gasteiger partial charge in [-0.25, -0.2) is 9.18 Å². The monoisotopic (exact) mass is 209 g/mol. The maximum absolute atomic E-state index is 13.1. The van der Waals surface area contributed by atoms with Crippen molar-refractivity contribution in [1.82, 2.24) is 0 Å². The largest absolute Gasteiger partial charge is 0.479 e. The summed E-state index contributed by atoms with van der Waals surface area (Å²) < 4.78 is 18.0. The van der Waals surface area contributed by atoms with Crippen LogP contribution < -0.4 is 4.74 Å². The van der Waals surface area contributed by atoms with E-state index >= 15 is 0 Å². The number of aliphatic carboxylic acids is 1. The Morgan fingerprint density at radius 2 is 2.33 bits per heavy atom. The number of ether oxygens (including phenoxy) is 1. The first-order valence-electron chi connectivity index (χ1n) is 4.13. The van der Waals surface area contributed by atoms with E-state index < -0.39 is 17.9 Å². The van der Waals surface area contributed by atoms with Gasteiger partial charge in [0.15, 0.2) is 6.10 Å². The lowest BCUT2D eigenvalue weighted by Gasteiger charge is -2.10. The molecule has 15 heavy (non-hydrogen) atoms. The molecule has 1 atom stereocenters. The number of halogens is 1.